The number of amides is 1. The average molecular weight is 450 g/mol. The molecule has 1 aromatic carbocycles. The molecule has 1 atom stereocenters. The van der Waals surface area contributed by atoms with E-state index in [1.54, 1.807) is 10.3 Å². The minimum absolute atomic E-state index is 0.0500. The molecule has 164 valence electrons. The van der Waals surface area contributed by atoms with Crippen LogP contribution in [0.1, 0.15) is 48.7 Å². The predicted molar refractivity (Wildman–Crippen MR) is 123 cm³/mol. The van der Waals surface area contributed by atoms with Crippen molar-refractivity contribution in [1.82, 2.24) is 14.8 Å². The van der Waals surface area contributed by atoms with Crippen molar-refractivity contribution in [3.05, 3.63) is 40.9 Å². The fourth-order valence-corrected chi connectivity index (χ4v) is 6.22. The predicted octanol–water partition coefficient (Wildman–Crippen LogP) is 3.51. The highest BCUT2D eigenvalue weighted by molar-refractivity contribution is 7.91. The summed E-state index contributed by atoms with van der Waals surface area (Å²) in [7, 11) is 0.910. The Labute approximate surface area is 183 Å². The molecule has 0 N–H and O–H groups in total. The lowest BCUT2D eigenvalue weighted by Gasteiger charge is -2.28. The van der Waals surface area contributed by atoms with E-state index in [-0.39, 0.29) is 23.5 Å². The minimum atomic E-state index is -3.07. The molecule has 0 saturated carbocycles. The molecule has 8 heteroatoms. The standard InChI is InChI=1S/C22H31N3O3S2/c1-16(2)17-6-8-18(9-7-17)21-23-20(14-29-21)22(26)25(12-5-11-24(3)4)19-10-13-30(27,28)15-19/h6-9,14,16,19H,5,10-13,15H2,1-4H3. The van der Waals surface area contributed by atoms with Crippen LogP contribution in [0, 0.1) is 0 Å². The molecule has 0 bridgehead atoms. The number of thiazole rings is 1. The van der Waals surface area contributed by atoms with Crippen molar-refractivity contribution in [2.24, 2.45) is 0 Å². The Morgan fingerprint density at radius 1 is 1.20 bits per heavy atom. The van der Waals surface area contributed by atoms with Gasteiger partial charge in [-0.1, -0.05) is 38.1 Å². The van der Waals surface area contributed by atoms with E-state index >= 15 is 0 Å². The SMILES string of the molecule is CC(C)c1ccc(-c2nc(C(=O)N(CCCN(C)C)C3CCS(=O)(=O)C3)cs2)cc1. The minimum Gasteiger partial charge on any atom is -0.333 e. The lowest BCUT2D eigenvalue weighted by Crippen LogP contribution is -2.42. The molecule has 1 unspecified atom stereocenters. The Hall–Kier alpha value is -1.77. The van der Waals surface area contributed by atoms with Gasteiger partial charge in [-0.05, 0) is 45.0 Å². The molecule has 0 spiro atoms. The van der Waals surface area contributed by atoms with Gasteiger partial charge in [-0.3, -0.25) is 4.79 Å². The molecule has 1 saturated heterocycles. The molecule has 30 heavy (non-hydrogen) atoms. The lowest BCUT2D eigenvalue weighted by molar-refractivity contribution is 0.0685. The summed E-state index contributed by atoms with van der Waals surface area (Å²) in [5, 5.41) is 2.59. The summed E-state index contributed by atoms with van der Waals surface area (Å²) in [4.78, 5) is 21.7. The third-order valence-electron chi connectivity index (χ3n) is 5.46. The molecular weight excluding hydrogens is 418 g/mol. The highest BCUT2D eigenvalue weighted by Crippen LogP contribution is 2.27. The van der Waals surface area contributed by atoms with Gasteiger partial charge in [0.05, 0.1) is 11.5 Å². The van der Waals surface area contributed by atoms with E-state index in [9.17, 15) is 13.2 Å². The number of hydrogen-bond donors (Lipinski definition) is 0. The van der Waals surface area contributed by atoms with Crippen LogP contribution in [0.5, 0.6) is 0 Å². The number of carbonyl (C=O) groups excluding carboxylic acids is 1. The van der Waals surface area contributed by atoms with Crippen molar-refractivity contribution >= 4 is 27.1 Å². The number of sulfone groups is 1. The smallest absolute Gasteiger partial charge is 0.273 e. The molecule has 1 fully saturated rings. The fourth-order valence-electron chi connectivity index (χ4n) is 3.69. The van der Waals surface area contributed by atoms with Crippen LogP contribution in [0.3, 0.4) is 0 Å². The van der Waals surface area contributed by atoms with Gasteiger partial charge in [0.1, 0.15) is 10.7 Å². The second-order valence-corrected chi connectivity index (χ2v) is 11.6. The maximum atomic E-state index is 13.3. The number of rotatable bonds is 8. The second kappa shape index (κ2) is 9.58. The number of aromatic nitrogens is 1. The van der Waals surface area contributed by atoms with Gasteiger partial charge < -0.3 is 9.80 Å². The molecule has 1 aliphatic rings. The van der Waals surface area contributed by atoms with Crippen LogP contribution in [-0.4, -0.2) is 73.8 Å². The van der Waals surface area contributed by atoms with E-state index in [2.05, 4.69) is 35.9 Å². The van der Waals surface area contributed by atoms with Crippen molar-refractivity contribution in [2.75, 3.05) is 38.7 Å². The molecule has 2 heterocycles. The first-order chi connectivity index (χ1) is 14.2. The fraction of sp³-hybridized carbons (Fsp3) is 0.545. The molecule has 0 aliphatic carbocycles. The van der Waals surface area contributed by atoms with Gasteiger partial charge in [-0.15, -0.1) is 11.3 Å². The Kier molecular flexibility index (Phi) is 7.31. The maximum Gasteiger partial charge on any atom is 0.273 e. The summed E-state index contributed by atoms with van der Waals surface area (Å²) < 4.78 is 24.0. The Balaban J connectivity index is 1.78. The van der Waals surface area contributed by atoms with E-state index in [0.717, 1.165) is 23.5 Å². The first-order valence-electron chi connectivity index (χ1n) is 10.4. The first kappa shape index (κ1) is 22.9. The third-order valence-corrected chi connectivity index (χ3v) is 8.10. The average Bonchev–Trinajstić information content (AvgIpc) is 3.31. The van der Waals surface area contributed by atoms with Crippen LogP contribution in [0.25, 0.3) is 10.6 Å². The molecule has 1 amide bonds. The molecule has 0 radical (unpaired) electrons. The Morgan fingerprint density at radius 2 is 1.90 bits per heavy atom. The van der Waals surface area contributed by atoms with Gasteiger partial charge in [0.2, 0.25) is 0 Å². The number of benzene rings is 1. The van der Waals surface area contributed by atoms with Crippen molar-refractivity contribution in [1.29, 1.82) is 0 Å². The van der Waals surface area contributed by atoms with E-state index in [0.29, 0.717) is 24.6 Å². The zero-order valence-corrected chi connectivity index (χ0v) is 19.8. The molecule has 3 rings (SSSR count). The van der Waals surface area contributed by atoms with Crippen LogP contribution >= 0.6 is 11.3 Å². The van der Waals surface area contributed by atoms with Gasteiger partial charge in [-0.25, -0.2) is 13.4 Å². The van der Waals surface area contributed by atoms with Gasteiger partial charge in [0, 0.05) is 23.5 Å². The molecule has 1 aromatic heterocycles. The van der Waals surface area contributed by atoms with Crippen LogP contribution in [0.4, 0.5) is 0 Å². The first-order valence-corrected chi connectivity index (χ1v) is 13.1. The van der Waals surface area contributed by atoms with Gasteiger partial charge in [0.15, 0.2) is 9.84 Å². The van der Waals surface area contributed by atoms with Crippen molar-refractivity contribution in [3.8, 4) is 10.6 Å². The van der Waals surface area contributed by atoms with Crippen LogP contribution < -0.4 is 0 Å². The summed E-state index contributed by atoms with van der Waals surface area (Å²) in [5.41, 5.74) is 2.66. The number of nitrogens with zero attached hydrogens (tertiary/aromatic N) is 3. The quantitative estimate of drug-likeness (QED) is 0.617. The molecule has 1 aliphatic heterocycles. The molecular formula is C22H31N3O3S2. The van der Waals surface area contributed by atoms with Crippen LogP contribution in [-0.2, 0) is 9.84 Å². The van der Waals surface area contributed by atoms with Crippen molar-refractivity contribution in [2.45, 2.75) is 38.6 Å². The van der Waals surface area contributed by atoms with E-state index < -0.39 is 9.84 Å². The third kappa shape index (κ3) is 5.68. The van der Waals surface area contributed by atoms with Crippen molar-refractivity contribution < 1.29 is 13.2 Å². The molecule has 2 aromatic rings. The van der Waals surface area contributed by atoms with Gasteiger partial charge in [-0.2, -0.15) is 0 Å². The zero-order valence-electron chi connectivity index (χ0n) is 18.2. The monoisotopic (exact) mass is 449 g/mol. The Bertz CT molecular complexity index is 966. The second-order valence-electron chi connectivity index (χ2n) is 8.53. The Morgan fingerprint density at radius 3 is 2.47 bits per heavy atom. The summed E-state index contributed by atoms with van der Waals surface area (Å²) in [5.74, 6) is 0.497. The van der Waals surface area contributed by atoms with E-state index in [1.807, 2.05) is 26.2 Å². The highest BCUT2D eigenvalue weighted by Gasteiger charge is 2.35. The van der Waals surface area contributed by atoms with Crippen LogP contribution in [0.2, 0.25) is 0 Å². The lowest BCUT2D eigenvalue weighted by atomic mass is 10.0. The van der Waals surface area contributed by atoms with Gasteiger partial charge >= 0.3 is 0 Å². The normalized spacial score (nSPS) is 18.3. The van der Waals surface area contributed by atoms with Crippen molar-refractivity contribution in [3.63, 3.8) is 0 Å². The van der Waals surface area contributed by atoms with Crippen LogP contribution in [0.15, 0.2) is 29.6 Å². The topological polar surface area (TPSA) is 70.6 Å². The molecule has 6 nitrogen and oxygen atoms in total. The maximum absolute atomic E-state index is 13.3. The number of hydrogen-bond acceptors (Lipinski definition) is 6. The summed E-state index contributed by atoms with van der Waals surface area (Å²) in [6.07, 6.45) is 1.30. The summed E-state index contributed by atoms with van der Waals surface area (Å²) in [6.45, 7) is 5.69. The van der Waals surface area contributed by atoms with E-state index in [4.69, 9.17) is 0 Å². The zero-order chi connectivity index (χ0) is 21.9. The van der Waals surface area contributed by atoms with E-state index in [1.165, 1.54) is 16.9 Å². The summed E-state index contributed by atoms with van der Waals surface area (Å²) >= 11 is 1.45. The largest absolute Gasteiger partial charge is 0.333 e. The van der Waals surface area contributed by atoms with Gasteiger partial charge in [0.25, 0.3) is 5.91 Å². The number of carbonyl (C=O) groups is 1. The highest BCUT2D eigenvalue weighted by atomic mass is 32.2. The summed E-state index contributed by atoms with van der Waals surface area (Å²) in [6, 6.07) is 8.02.